The third-order valence-electron chi connectivity index (χ3n) is 3.92. The van der Waals surface area contributed by atoms with Crippen molar-refractivity contribution < 1.29 is 8.42 Å². The molecule has 1 aliphatic rings. The number of sulfonamides is 1. The molecule has 1 aliphatic carbocycles. The van der Waals surface area contributed by atoms with Gasteiger partial charge in [0.15, 0.2) is 5.82 Å². The van der Waals surface area contributed by atoms with Crippen LogP contribution >= 0.6 is 0 Å². The molecule has 2 rings (SSSR count). The molecule has 1 aromatic heterocycles. The monoisotopic (exact) mass is 272 g/mol. The maximum atomic E-state index is 12.2. The van der Waals surface area contributed by atoms with Crippen molar-refractivity contribution in [2.75, 3.05) is 12.3 Å². The smallest absolute Gasteiger partial charge is 0.246 e. The Morgan fingerprint density at radius 1 is 1.50 bits per heavy atom. The molecule has 1 aromatic rings. The normalized spacial score (nSPS) is 17.9. The van der Waals surface area contributed by atoms with Crippen molar-refractivity contribution in [3.63, 3.8) is 0 Å². The number of rotatable bonds is 5. The highest BCUT2D eigenvalue weighted by Gasteiger charge is 2.41. The minimum atomic E-state index is -3.56. The van der Waals surface area contributed by atoms with Crippen molar-refractivity contribution in [2.24, 2.45) is 12.5 Å². The van der Waals surface area contributed by atoms with E-state index in [1.807, 2.05) is 0 Å². The fraction of sp³-hybridized carbons (Fsp3) is 0.727. The van der Waals surface area contributed by atoms with Gasteiger partial charge in [0.25, 0.3) is 0 Å². The summed E-state index contributed by atoms with van der Waals surface area (Å²) in [6.07, 6.45) is 3.18. The Morgan fingerprint density at radius 3 is 2.50 bits per heavy atom. The standard InChI is InChI=1S/C11H20N4O2S/c1-4-11(5-6-11)7-13-18(16,17)9-8(2)15(3)14-10(9)12/h13H,4-7H2,1-3H3,(H2,12,14). The largest absolute Gasteiger partial charge is 0.381 e. The van der Waals surface area contributed by atoms with Gasteiger partial charge in [-0.25, -0.2) is 13.1 Å². The van der Waals surface area contributed by atoms with Crippen molar-refractivity contribution in [3.05, 3.63) is 5.69 Å². The molecule has 0 atom stereocenters. The maximum Gasteiger partial charge on any atom is 0.246 e. The van der Waals surface area contributed by atoms with Crippen molar-refractivity contribution in [3.8, 4) is 0 Å². The molecule has 1 saturated carbocycles. The highest BCUT2D eigenvalue weighted by atomic mass is 32.2. The van der Waals surface area contributed by atoms with Gasteiger partial charge >= 0.3 is 0 Å². The number of hydrogen-bond acceptors (Lipinski definition) is 4. The second-order valence-corrected chi connectivity index (χ2v) is 6.81. The van der Waals surface area contributed by atoms with E-state index in [4.69, 9.17) is 5.73 Å². The van der Waals surface area contributed by atoms with Gasteiger partial charge in [0, 0.05) is 13.6 Å². The summed E-state index contributed by atoms with van der Waals surface area (Å²) in [5, 5.41) is 3.93. The molecule has 102 valence electrons. The van der Waals surface area contributed by atoms with Crippen molar-refractivity contribution in [1.29, 1.82) is 0 Å². The molecule has 0 bridgehead atoms. The van der Waals surface area contributed by atoms with Crippen LogP contribution in [0.4, 0.5) is 5.82 Å². The first-order valence-electron chi connectivity index (χ1n) is 6.10. The second-order valence-electron chi connectivity index (χ2n) is 5.10. The molecule has 6 nitrogen and oxygen atoms in total. The predicted molar refractivity (Wildman–Crippen MR) is 69.5 cm³/mol. The van der Waals surface area contributed by atoms with E-state index in [1.54, 1.807) is 14.0 Å². The molecule has 0 unspecified atom stereocenters. The van der Waals surface area contributed by atoms with Crippen molar-refractivity contribution in [2.45, 2.75) is 38.0 Å². The van der Waals surface area contributed by atoms with E-state index in [2.05, 4.69) is 16.7 Å². The topological polar surface area (TPSA) is 90.0 Å². The Bertz CT molecular complexity index is 558. The summed E-state index contributed by atoms with van der Waals surface area (Å²) in [7, 11) is -1.88. The van der Waals surface area contributed by atoms with Crippen LogP contribution in [0.2, 0.25) is 0 Å². The van der Waals surface area contributed by atoms with Crippen molar-refractivity contribution in [1.82, 2.24) is 14.5 Å². The van der Waals surface area contributed by atoms with Crippen LogP contribution < -0.4 is 10.5 Å². The Balaban J connectivity index is 2.21. The lowest BCUT2D eigenvalue weighted by molar-refractivity contribution is 0.475. The van der Waals surface area contributed by atoms with Crippen LogP contribution in [0.3, 0.4) is 0 Å². The van der Waals surface area contributed by atoms with Crippen LogP contribution in [0.5, 0.6) is 0 Å². The summed E-state index contributed by atoms with van der Waals surface area (Å²) in [6, 6.07) is 0. The predicted octanol–water partition coefficient (Wildman–Crippen LogP) is 0.779. The zero-order valence-corrected chi connectivity index (χ0v) is 11.8. The van der Waals surface area contributed by atoms with Crippen molar-refractivity contribution >= 4 is 15.8 Å². The van der Waals surface area contributed by atoms with Gasteiger partial charge in [-0.3, -0.25) is 4.68 Å². The molecule has 1 heterocycles. The number of anilines is 1. The first-order chi connectivity index (χ1) is 8.31. The lowest BCUT2D eigenvalue weighted by Crippen LogP contribution is -2.30. The molecule has 0 radical (unpaired) electrons. The van der Waals surface area contributed by atoms with Crippen LogP contribution in [0.25, 0.3) is 0 Å². The van der Waals surface area contributed by atoms with E-state index in [0.717, 1.165) is 19.3 Å². The number of nitrogen functional groups attached to an aromatic ring is 1. The van der Waals surface area contributed by atoms with Gasteiger partial charge in [-0.05, 0) is 31.6 Å². The van der Waals surface area contributed by atoms with E-state index in [1.165, 1.54) is 4.68 Å². The maximum absolute atomic E-state index is 12.2. The summed E-state index contributed by atoms with van der Waals surface area (Å²) in [5.41, 5.74) is 6.39. The summed E-state index contributed by atoms with van der Waals surface area (Å²) in [4.78, 5) is 0.108. The number of aromatic nitrogens is 2. The van der Waals surface area contributed by atoms with E-state index >= 15 is 0 Å². The van der Waals surface area contributed by atoms with E-state index in [0.29, 0.717) is 12.2 Å². The molecule has 0 amide bonds. The summed E-state index contributed by atoms with van der Waals surface area (Å²) in [6.45, 7) is 4.27. The summed E-state index contributed by atoms with van der Waals surface area (Å²) >= 11 is 0. The van der Waals surface area contributed by atoms with Gasteiger partial charge < -0.3 is 5.73 Å². The highest BCUT2D eigenvalue weighted by Crippen LogP contribution is 2.48. The van der Waals surface area contributed by atoms with E-state index < -0.39 is 10.0 Å². The van der Waals surface area contributed by atoms with E-state index in [-0.39, 0.29) is 16.1 Å². The third kappa shape index (κ3) is 2.24. The van der Waals surface area contributed by atoms with Crippen LogP contribution in [0.15, 0.2) is 4.90 Å². The lowest BCUT2D eigenvalue weighted by Gasteiger charge is -2.13. The number of hydrogen-bond donors (Lipinski definition) is 2. The van der Waals surface area contributed by atoms with Gasteiger partial charge in [-0.2, -0.15) is 5.10 Å². The van der Waals surface area contributed by atoms with Gasteiger partial charge in [-0.15, -0.1) is 0 Å². The second kappa shape index (κ2) is 4.24. The van der Waals surface area contributed by atoms with Crippen LogP contribution in [0, 0.1) is 12.3 Å². The van der Waals surface area contributed by atoms with Crippen LogP contribution in [-0.4, -0.2) is 24.7 Å². The first kappa shape index (κ1) is 13.4. The third-order valence-corrected chi connectivity index (χ3v) is 5.48. The molecule has 0 aliphatic heterocycles. The Morgan fingerprint density at radius 2 is 2.11 bits per heavy atom. The Hall–Kier alpha value is -1.08. The summed E-state index contributed by atoms with van der Waals surface area (Å²) in [5.74, 6) is 0.0591. The zero-order valence-electron chi connectivity index (χ0n) is 11.0. The van der Waals surface area contributed by atoms with Gasteiger partial charge in [0.1, 0.15) is 4.90 Å². The van der Waals surface area contributed by atoms with Gasteiger partial charge in [0.2, 0.25) is 10.0 Å². The van der Waals surface area contributed by atoms with E-state index in [9.17, 15) is 8.42 Å². The number of nitrogens with one attached hydrogen (secondary N) is 1. The fourth-order valence-electron chi connectivity index (χ4n) is 2.10. The number of nitrogens with zero attached hydrogens (tertiary/aromatic N) is 2. The Kier molecular flexibility index (Phi) is 3.14. The summed E-state index contributed by atoms with van der Waals surface area (Å²) < 4.78 is 28.6. The molecular weight excluding hydrogens is 252 g/mol. The SMILES string of the molecule is CCC1(CNS(=O)(=O)c2c(N)nn(C)c2C)CC1. The minimum Gasteiger partial charge on any atom is -0.381 e. The molecule has 1 fully saturated rings. The molecule has 7 heteroatoms. The minimum absolute atomic E-state index is 0.0591. The van der Waals surface area contributed by atoms with Gasteiger partial charge in [-0.1, -0.05) is 6.92 Å². The molecule has 0 aromatic carbocycles. The molecule has 18 heavy (non-hydrogen) atoms. The fourth-order valence-corrected chi connectivity index (χ4v) is 3.58. The first-order valence-corrected chi connectivity index (χ1v) is 7.58. The van der Waals surface area contributed by atoms with Crippen LogP contribution in [0.1, 0.15) is 31.9 Å². The molecule has 0 saturated heterocycles. The zero-order chi connectivity index (χ0) is 13.6. The molecular formula is C11H20N4O2S. The average molecular weight is 272 g/mol. The lowest BCUT2D eigenvalue weighted by atomic mass is 10.1. The quantitative estimate of drug-likeness (QED) is 0.828. The molecule has 0 spiro atoms. The molecule has 3 N–H and O–H groups in total. The highest BCUT2D eigenvalue weighted by molar-refractivity contribution is 7.89. The number of nitrogens with two attached hydrogens (primary N) is 1. The Labute approximate surface area is 108 Å². The van der Waals surface area contributed by atoms with Gasteiger partial charge in [0.05, 0.1) is 5.69 Å². The number of aryl methyl sites for hydroxylation is 1. The average Bonchev–Trinajstić information content (AvgIpc) is 3.01. The van der Waals surface area contributed by atoms with Crippen LogP contribution in [-0.2, 0) is 17.1 Å².